The summed E-state index contributed by atoms with van der Waals surface area (Å²) >= 11 is 0. The summed E-state index contributed by atoms with van der Waals surface area (Å²) in [5, 5.41) is 18.0. The summed E-state index contributed by atoms with van der Waals surface area (Å²) < 4.78 is 0. The SMILES string of the molecule is CCCCNC(=O)C(CC(O)C(CC1CCCCC1)NCc1cccc(C)c1)C(C)C.Cl. The van der Waals surface area contributed by atoms with Gasteiger partial charge in [-0.2, -0.15) is 0 Å². The van der Waals surface area contributed by atoms with Crippen molar-refractivity contribution in [2.24, 2.45) is 17.8 Å². The van der Waals surface area contributed by atoms with Crippen LogP contribution in [0.5, 0.6) is 0 Å². The summed E-state index contributed by atoms with van der Waals surface area (Å²) in [6, 6.07) is 8.57. The molecular weight excluding hydrogens is 420 g/mol. The van der Waals surface area contributed by atoms with Gasteiger partial charge < -0.3 is 15.7 Å². The third-order valence-electron chi connectivity index (χ3n) is 6.89. The first-order valence-corrected chi connectivity index (χ1v) is 12.6. The molecule has 5 heteroatoms. The highest BCUT2D eigenvalue weighted by molar-refractivity contribution is 5.85. The average molecular weight is 467 g/mol. The molecule has 0 bridgehead atoms. The van der Waals surface area contributed by atoms with E-state index < -0.39 is 6.10 Å². The van der Waals surface area contributed by atoms with Gasteiger partial charge in [-0.15, -0.1) is 12.4 Å². The first-order chi connectivity index (χ1) is 14.9. The van der Waals surface area contributed by atoms with Crippen LogP contribution in [0, 0.1) is 24.7 Å². The highest BCUT2D eigenvalue weighted by Gasteiger charge is 2.30. The molecule has 1 amide bonds. The number of hydrogen-bond acceptors (Lipinski definition) is 3. The standard InChI is InChI=1S/C27H46N2O2.ClH/c1-5-6-15-28-27(31)24(20(2)3)18-26(30)25(17-22-12-8-7-9-13-22)29-19-23-14-10-11-21(4)16-23;/h10-11,14,16,20,22,24-26,29-30H,5-9,12-13,15,17-19H2,1-4H3,(H,28,31);1H. The lowest BCUT2D eigenvalue weighted by atomic mass is 9.81. The molecule has 0 heterocycles. The maximum atomic E-state index is 12.8. The monoisotopic (exact) mass is 466 g/mol. The van der Waals surface area contributed by atoms with Crippen LogP contribution in [-0.4, -0.2) is 29.7 Å². The molecule has 1 aliphatic rings. The van der Waals surface area contributed by atoms with Crippen molar-refractivity contribution in [2.75, 3.05) is 6.54 Å². The second-order valence-electron chi connectivity index (χ2n) is 10.0. The molecule has 1 aromatic carbocycles. The Kier molecular flexibility index (Phi) is 14.2. The molecule has 0 aromatic heterocycles. The summed E-state index contributed by atoms with van der Waals surface area (Å²) in [6.45, 7) is 9.91. The first-order valence-electron chi connectivity index (χ1n) is 12.6. The van der Waals surface area contributed by atoms with Crippen molar-refractivity contribution in [3.8, 4) is 0 Å². The summed E-state index contributed by atoms with van der Waals surface area (Å²) in [5.74, 6) is 0.830. The number of benzene rings is 1. The molecule has 0 aliphatic heterocycles. The number of aliphatic hydroxyl groups is 1. The predicted molar refractivity (Wildman–Crippen MR) is 137 cm³/mol. The summed E-state index contributed by atoms with van der Waals surface area (Å²) in [5.41, 5.74) is 2.51. The normalized spacial score (nSPS) is 17.4. The third kappa shape index (κ3) is 10.2. The maximum absolute atomic E-state index is 12.8. The van der Waals surface area contributed by atoms with Gasteiger partial charge in [-0.05, 0) is 43.6 Å². The zero-order chi connectivity index (χ0) is 22.6. The van der Waals surface area contributed by atoms with Gasteiger partial charge in [-0.25, -0.2) is 0 Å². The Balaban J connectivity index is 0.00000512. The van der Waals surface area contributed by atoms with E-state index in [-0.39, 0.29) is 36.2 Å². The van der Waals surface area contributed by atoms with Crippen LogP contribution in [0.3, 0.4) is 0 Å². The van der Waals surface area contributed by atoms with Crippen molar-refractivity contribution in [1.29, 1.82) is 0 Å². The van der Waals surface area contributed by atoms with E-state index in [1.165, 1.54) is 43.2 Å². The second-order valence-corrected chi connectivity index (χ2v) is 10.0. The van der Waals surface area contributed by atoms with Crippen molar-refractivity contribution >= 4 is 18.3 Å². The molecule has 0 saturated heterocycles. The lowest BCUT2D eigenvalue weighted by Gasteiger charge is -2.32. The molecule has 184 valence electrons. The number of halogens is 1. The van der Waals surface area contributed by atoms with Gasteiger partial charge in [0.2, 0.25) is 5.91 Å². The number of aliphatic hydroxyl groups excluding tert-OH is 1. The molecule has 0 radical (unpaired) electrons. The van der Waals surface area contributed by atoms with Gasteiger partial charge in [0, 0.05) is 25.0 Å². The van der Waals surface area contributed by atoms with Gasteiger partial charge in [0.1, 0.15) is 0 Å². The van der Waals surface area contributed by atoms with Crippen LogP contribution >= 0.6 is 12.4 Å². The molecule has 3 unspecified atom stereocenters. The van der Waals surface area contributed by atoms with Gasteiger partial charge in [0.15, 0.2) is 0 Å². The fraction of sp³-hybridized carbons (Fsp3) is 0.741. The Morgan fingerprint density at radius 2 is 1.91 bits per heavy atom. The highest BCUT2D eigenvalue weighted by Crippen LogP contribution is 2.29. The second kappa shape index (κ2) is 15.7. The topological polar surface area (TPSA) is 61.4 Å². The van der Waals surface area contributed by atoms with E-state index >= 15 is 0 Å². The van der Waals surface area contributed by atoms with Crippen LogP contribution in [0.15, 0.2) is 24.3 Å². The lowest BCUT2D eigenvalue weighted by Crippen LogP contribution is -2.45. The van der Waals surface area contributed by atoms with E-state index in [9.17, 15) is 9.90 Å². The average Bonchev–Trinajstić information content (AvgIpc) is 2.75. The van der Waals surface area contributed by atoms with Crippen LogP contribution < -0.4 is 10.6 Å². The number of nitrogens with one attached hydrogen (secondary N) is 2. The number of amides is 1. The van der Waals surface area contributed by atoms with Gasteiger partial charge in [-0.3, -0.25) is 4.79 Å². The molecule has 3 N–H and O–H groups in total. The van der Waals surface area contributed by atoms with Gasteiger partial charge in [0.05, 0.1) is 6.10 Å². The third-order valence-corrected chi connectivity index (χ3v) is 6.89. The minimum atomic E-state index is -0.518. The zero-order valence-electron chi connectivity index (χ0n) is 20.7. The molecule has 1 aliphatic carbocycles. The molecular formula is C27H47ClN2O2. The molecule has 1 saturated carbocycles. The molecule has 4 nitrogen and oxygen atoms in total. The van der Waals surface area contributed by atoms with Crippen LogP contribution in [0.4, 0.5) is 0 Å². The number of carbonyl (C=O) groups excluding carboxylic acids is 1. The zero-order valence-corrected chi connectivity index (χ0v) is 21.6. The van der Waals surface area contributed by atoms with Gasteiger partial charge in [-0.1, -0.05) is 89.1 Å². The Bertz CT molecular complexity index is 646. The van der Waals surface area contributed by atoms with Crippen LogP contribution in [-0.2, 0) is 11.3 Å². The van der Waals surface area contributed by atoms with Crippen molar-refractivity contribution in [1.82, 2.24) is 10.6 Å². The van der Waals surface area contributed by atoms with E-state index in [4.69, 9.17) is 0 Å². The Morgan fingerprint density at radius 1 is 1.19 bits per heavy atom. The molecule has 1 aromatic rings. The van der Waals surface area contributed by atoms with Crippen molar-refractivity contribution < 1.29 is 9.90 Å². The molecule has 32 heavy (non-hydrogen) atoms. The molecule has 0 spiro atoms. The van der Waals surface area contributed by atoms with E-state index in [2.05, 4.69) is 62.6 Å². The van der Waals surface area contributed by atoms with Crippen LogP contribution in [0.25, 0.3) is 0 Å². The minimum Gasteiger partial charge on any atom is -0.391 e. The molecule has 2 rings (SSSR count). The Morgan fingerprint density at radius 3 is 2.53 bits per heavy atom. The number of rotatable bonds is 13. The van der Waals surface area contributed by atoms with E-state index in [0.29, 0.717) is 12.3 Å². The Hall–Kier alpha value is -1.10. The van der Waals surface area contributed by atoms with Crippen molar-refractivity contribution in [3.05, 3.63) is 35.4 Å². The summed E-state index contributed by atoms with van der Waals surface area (Å²) in [4.78, 5) is 12.8. The predicted octanol–water partition coefficient (Wildman–Crippen LogP) is 5.78. The Labute approximate surface area is 202 Å². The maximum Gasteiger partial charge on any atom is 0.223 e. The number of hydrogen-bond donors (Lipinski definition) is 3. The van der Waals surface area contributed by atoms with Crippen molar-refractivity contribution in [3.63, 3.8) is 0 Å². The van der Waals surface area contributed by atoms with Crippen LogP contribution in [0.2, 0.25) is 0 Å². The fourth-order valence-electron chi connectivity index (χ4n) is 4.86. The summed E-state index contributed by atoms with van der Waals surface area (Å²) in [6.07, 6.45) is 9.55. The van der Waals surface area contributed by atoms with Crippen molar-refractivity contribution in [2.45, 2.75) is 104 Å². The first kappa shape index (κ1) is 28.9. The van der Waals surface area contributed by atoms with Gasteiger partial charge >= 0.3 is 0 Å². The molecule has 3 atom stereocenters. The van der Waals surface area contributed by atoms with E-state index in [0.717, 1.165) is 32.4 Å². The van der Waals surface area contributed by atoms with Crippen LogP contribution in [0.1, 0.15) is 89.7 Å². The lowest BCUT2D eigenvalue weighted by molar-refractivity contribution is -0.127. The smallest absolute Gasteiger partial charge is 0.223 e. The van der Waals surface area contributed by atoms with E-state index in [1.54, 1.807) is 0 Å². The minimum absolute atomic E-state index is 0. The summed E-state index contributed by atoms with van der Waals surface area (Å²) in [7, 11) is 0. The van der Waals surface area contributed by atoms with E-state index in [1.807, 2.05) is 0 Å². The number of aryl methyl sites for hydroxylation is 1. The number of unbranched alkanes of at least 4 members (excludes halogenated alkanes) is 1. The van der Waals surface area contributed by atoms with Gasteiger partial charge in [0.25, 0.3) is 0 Å². The highest BCUT2D eigenvalue weighted by atomic mass is 35.5. The molecule has 1 fully saturated rings. The number of carbonyl (C=O) groups is 1. The largest absolute Gasteiger partial charge is 0.391 e. The quantitative estimate of drug-likeness (QED) is 0.322. The fourth-order valence-corrected chi connectivity index (χ4v) is 4.86.